The number of halogens is 1. The minimum absolute atomic E-state index is 0.183. The number of rotatable bonds is 5. The Morgan fingerprint density at radius 1 is 1.32 bits per heavy atom. The number of para-hydroxylation sites is 1. The number of hydrogen-bond acceptors (Lipinski definition) is 7. The number of nitrogens with zero attached hydrogens (tertiary/aromatic N) is 5. The summed E-state index contributed by atoms with van der Waals surface area (Å²) in [4.78, 5) is 22.4. The van der Waals surface area contributed by atoms with E-state index in [1.807, 2.05) is 26.0 Å². The molecular weight excluding hydrogens is 422 g/mol. The van der Waals surface area contributed by atoms with Crippen molar-refractivity contribution >= 4 is 28.2 Å². The lowest BCUT2D eigenvalue weighted by Crippen LogP contribution is -2.25. The van der Waals surface area contributed by atoms with Crippen molar-refractivity contribution in [1.29, 1.82) is 0 Å². The van der Waals surface area contributed by atoms with Crippen molar-refractivity contribution < 1.29 is 14.0 Å². The Morgan fingerprint density at radius 3 is 2.90 bits per heavy atom. The van der Waals surface area contributed by atoms with Crippen molar-refractivity contribution in [3.63, 3.8) is 0 Å². The first-order valence-electron chi connectivity index (χ1n) is 10.1. The maximum Gasteiger partial charge on any atom is 0.279 e. The van der Waals surface area contributed by atoms with Crippen LogP contribution < -0.4 is 5.56 Å². The maximum absolute atomic E-state index is 13.5. The highest BCUT2D eigenvalue weighted by Gasteiger charge is 2.35. The molecule has 0 N–H and O–H groups in total. The molecule has 0 spiro atoms. The van der Waals surface area contributed by atoms with E-state index in [0.717, 1.165) is 18.4 Å². The molecule has 1 aromatic carbocycles. The molecule has 10 heteroatoms. The highest BCUT2D eigenvalue weighted by molar-refractivity contribution is 6.35. The lowest BCUT2D eigenvalue weighted by molar-refractivity contribution is -0.0207. The van der Waals surface area contributed by atoms with Gasteiger partial charge in [0.2, 0.25) is 5.82 Å². The van der Waals surface area contributed by atoms with Crippen molar-refractivity contribution in [2.24, 2.45) is 0 Å². The number of aromatic nitrogens is 5. The smallest absolute Gasteiger partial charge is 0.279 e. The summed E-state index contributed by atoms with van der Waals surface area (Å²) in [5.41, 5.74) is 1.55. The minimum atomic E-state index is -0.261. The van der Waals surface area contributed by atoms with Gasteiger partial charge in [-0.05, 0) is 38.8 Å². The molecule has 1 aliphatic rings. The molecule has 4 aromatic rings. The Balaban J connectivity index is 1.67. The highest BCUT2D eigenvalue weighted by Crippen LogP contribution is 2.38. The van der Waals surface area contributed by atoms with E-state index in [1.54, 1.807) is 28.5 Å². The van der Waals surface area contributed by atoms with Gasteiger partial charge in [-0.25, -0.2) is 4.98 Å². The van der Waals surface area contributed by atoms with Gasteiger partial charge < -0.3 is 18.6 Å². The van der Waals surface area contributed by atoms with E-state index < -0.39 is 0 Å². The lowest BCUT2D eigenvalue weighted by Gasteiger charge is -2.17. The molecule has 1 saturated heterocycles. The van der Waals surface area contributed by atoms with Crippen LogP contribution in [-0.4, -0.2) is 43.4 Å². The number of ether oxygens (including phenoxy) is 2. The van der Waals surface area contributed by atoms with Crippen LogP contribution in [-0.2, 0) is 16.0 Å². The second-order valence-corrected chi connectivity index (χ2v) is 8.64. The van der Waals surface area contributed by atoms with E-state index in [-0.39, 0.29) is 23.2 Å². The SMILES string of the molecule is COCCn1c(=O)c2c(-c3nc(C4CCC(C)(C)O4)no3)ncn2c2cccc(Cl)c21. The molecule has 4 heterocycles. The molecule has 31 heavy (non-hydrogen) atoms. The quantitative estimate of drug-likeness (QED) is 0.464. The van der Waals surface area contributed by atoms with Crippen LogP contribution >= 0.6 is 11.6 Å². The Morgan fingerprint density at radius 2 is 2.16 bits per heavy atom. The van der Waals surface area contributed by atoms with E-state index in [2.05, 4.69) is 15.1 Å². The summed E-state index contributed by atoms with van der Waals surface area (Å²) in [5, 5.41) is 4.57. The van der Waals surface area contributed by atoms with Crippen LogP contribution in [0.5, 0.6) is 0 Å². The van der Waals surface area contributed by atoms with E-state index in [9.17, 15) is 4.79 Å². The lowest BCUT2D eigenvalue weighted by atomic mass is 10.1. The predicted octanol–water partition coefficient (Wildman–Crippen LogP) is 3.63. The zero-order chi connectivity index (χ0) is 21.8. The largest absolute Gasteiger partial charge is 0.383 e. The van der Waals surface area contributed by atoms with Crippen molar-refractivity contribution in [1.82, 2.24) is 24.1 Å². The van der Waals surface area contributed by atoms with Crippen molar-refractivity contribution in [3.8, 4) is 11.6 Å². The summed E-state index contributed by atoms with van der Waals surface area (Å²) in [5.74, 6) is 0.646. The molecule has 1 unspecified atom stereocenters. The van der Waals surface area contributed by atoms with Gasteiger partial charge in [-0.2, -0.15) is 4.98 Å². The van der Waals surface area contributed by atoms with Gasteiger partial charge in [0.05, 0.1) is 28.3 Å². The molecule has 0 radical (unpaired) electrons. The Hall–Kier alpha value is -2.75. The molecule has 1 aliphatic heterocycles. The average Bonchev–Trinajstić information content (AvgIpc) is 3.45. The van der Waals surface area contributed by atoms with Gasteiger partial charge in [0.25, 0.3) is 11.4 Å². The third-order valence-corrected chi connectivity index (χ3v) is 5.94. The van der Waals surface area contributed by atoms with Gasteiger partial charge in [0.15, 0.2) is 5.69 Å². The number of imidazole rings is 1. The third kappa shape index (κ3) is 3.33. The number of methoxy groups -OCH3 is 1. The van der Waals surface area contributed by atoms with Crippen LogP contribution in [0.15, 0.2) is 33.8 Å². The molecule has 5 rings (SSSR count). The van der Waals surface area contributed by atoms with E-state index in [0.29, 0.717) is 40.7 Å². The summed E-state index contributed by atoms with van der Waals surface area (Å²) in [6.07, 6.45) is 3.05. The van der Waals surface area contributed by atoms with Gasteiger partial charge in [0, 0.05) is 13.7 Å². The Labute approximate surface area is 182 Å². The van der Waals surface area contributed by atoms with Gasteiger partial charge in [-0.1, -0.05) is 22.8 Å². The average molecular weight is 444 g/mol. The molecule has 0 amide bonds. The van der Waals surface area contributed by atoms with Crippen LogP contribution in [0.3, 0.4) is 0 Å². The fourth-order valence-electron chi connectivity index (χ4n) is 4.11. The van der Waals surface area contributed by atoms with E-state index >= 15 is 0 Å². The Kier molecular flexibility index (Phi) is 4.84. The standard InChI is InChI=1S/C21H22ClN5O4/c1-21(2)8-7-14(30-21)18-24-19(31-25-18)15-17-20(28)26(9-10-29-3)16-12(22)5-4-6-13(16)27(17)11-23-15/h4-6,11,14H,7-10H2,1-3H3. The second kappa shape index (κ2) is 7.44. The van der Waals surface area contributed by atoms with Gasteiger partial charge in [-0.3, -0.25) is 9.20 Å². The zero-order valence-electron chi connectivity index (χ0n) is 17.5. The topological polar surface area (TPSA) is 96.7 Å². The van der Waals surface area contributed by atoms with Crippen LogP contribution in [0.25, 0.3) is 28.1 Å². The minimum Gasteiger partial charge on any atom is -0.383 e. The van der Waals surface area contributed by atoms with Crippen LogP contribution in [0.2, 0.25) is 5.02 Å². The summed E-state index contributed by atoms with van der Waals surface area (Å²) in [7, 11) is 1.59. The first-order valence-corrected chi connectivity index (χ1v) is 10.5. The van der Waals surface area contributed by atoms with E-state index in [1.165, 1.54) is 0 Å². The van der Waals surface area contributed by atoms with Crippen molar-refractivity contribution in [2.45, 2.75) is 44.9 Å². The molecule has 162 valence electrons. The third-order valence-electron chi connectivity index (χ3n) is 5.63. The number of benzene rings is 1. The highest BCUT2D eigenvalue weighted by atomic mass is 35.5. The van der Waals surface area contributed by atoms with Crippen LogP contribution in [0.4, 0.5) is 0 Å². The molecule has 1 fully saturated rings. The van der Waals surface area contributed by atoms with E-state index in [4.69, 9.17) is 25.6 Å². The Bertz CT molecular complexity index is 1340. The zero-order valence-corrected chi connectivity index (χ0v) is 18.2. The molecule has 0 bridgehead atoms. The molecule has 0 saturated carbocycles. The first kappa shape index (κ1) is 20.2. The fraction of sp³-hybridized carbons (Fsp3) is 0.429. The molecule has 9 nitrogen and oxygen atoms in total. The summed E-state index contributed by atoms with van der Waals surface area (Å²) in [6, 6.07) is 5.47. The summed E-state index contributed by atoms with van der Waals surface area (Å²) < 4.78 is 20.0. The fourth-order valence-corrected chi connectivity index (χ4v) is 4.38. The normalized spacial score (nSPS) is 18.4. The monoisotopic (exact) mass is 443 g/mol. The predicted molar refractivity (Wildman–Crippen MR) is 114 cm³/mol. The van der Waals surface area contributed by atoms with Crippen molar-refractivity contribution in [2.75, 3.05) is 13.7 Å². The summed E-state index contributed by atoms with van der Waals surface area (Å²) >= 11 is 6.45. The maximum atomic E-state index is 13.5. The first-order chi connectivity index (χ1) is 14.9. The number of fused-ring (bicyclic) bond motifs is 3. The van der Waals surface area contributed by atoms with Gasteiger partial charge >= 0.3 is 0 Å². The van der Waals surface area contributed by atoms with Gasteiger partial charge in [0.1, 0.15) is 17.9 Å². The van der Waals surface area contributed by atoms with Gasteiger partial charge in [-0.15, -0.1) is 0 Å². The number of hydrogen-bond donors (Lipinski definition) is 0. The molecule has 3 aromatic heterocycles. The van der Waals surface area contributed by atoms with Crippen LogP contribution in [0, 0.1) is 0 Å². The van der Waals surface area contributed by atoms with Crippen molar-refractivity contribution in [3.05, 3.63) is 45.7 Å². The van der Waals surface area contributed by atoms with Crippen LogP contribution in [0.1, 0.15) is 38.6 Å². The molecule has 0 aliphatic carbocycles. The molecule has 1 atom stereocenters. The summed E-state index contributed by atoms with van der Waals surface area (Å²) in [6.45, 7) is 4.78. The second-order valence-electron chi connectivity index (χ2n) is 8.23. The molecular formula is C21H22ClN5O4.